The fourth-order valence-electron chi connectivity index (χ4n) is 4.34. The third-order valence-electron chi connectivity index (χ3n) is 6.36. The number of ether oxygens (including phenoxy) is 2. The predicted molar refractivity (Wildman–Crippen MR) is 142 cm³/mol. The minimum Gasteiger partial charge on any atom is -0.496 e. The van der Waals surface area contributed by atoms with Crippen molar-refractivity contribution < 1.29 is 18.7 Å². The SMILES string of the molecule is CCOc1c(/C(C)=C/C(=O)Nc2cccc(C)c2C)cc2c(-c3ccccc3OC)coc2c1C. The lowest BCUT2D eigenvalue weighted by Gasteiger charge is -2.15. The van der Waals surface area contributed by atoms with E-state index in [1.165, 1.54) is 0 Å². The summed E-state index contributed by atoms with van der Waals surface area (Å²) in [6.07, 6.45) is 3.37. The van der Waals surface area contributed by atoms with Crippen LogP contribution < -0.4 is 14.8 Å². The van der Waals surface area contributed by atoms with Gasteiger partial charge in [-0.25, -0.2) is 0 Å². The van der Waals surface area contributed by atoms with Crippen LogP contribution in [-0.2, 0) is 4.79 Å². The quantitative estimate of drug-likeness (QED) is 0.285. The monoisotopic (exact) mass is 469 g/mol. The highest BCUT2D eigenvalue weighted by Gasteiger charge is 2.20. The summed E-state index contributed by atoms with van der Waals surface area (Å²) in [5, 5.41) is 3.95. The summed E-state index contributed by atoms with van der Waals surface area (Å²) in [5.74, 6) is 1.30. The molecule has 35 heavy (non-hydrogen) atoms. The number of amides is 1. The molecule has 0 aliphatic carbocycles. The number of methoxy groups -OCH3 is 1. The number of carbonyl (C=O) groups is 1. The lowest BCUT2D eigenvalue weighted by atomic mass is 9.96. The molecule has 0 aliphatic heterocycles. The van der Waals surface area contributed by atoms with Crippen LogP contribution in [-0.4, -0.2) is 19.6 Å². The van der Waals surface area contributed by atoms with Gasteiger partial charge in [0.15, 0.2) is 0 Å². The van der Waals surface area contributed by atoms with Gasteiger partial charge in [-0.05, 0) is 69.5 Å². The first-order valence-electron chi connectivity index (χ1n) is 11.7. The highest BCUT2D eigenvalue weighted by atomic mass is 16.5. The van der Waals surface area contributed by atoms with E-state index in [1.54, 1.807) is 19.4 Å². The molecule has 4 aromatic rings. The average molecular weight is 470 g/mol. The molecule has 0 bridgehead atoms. The molecule has 0 saturated carbocycles. The Bertz CT molecular complexity index is 1430. The second-order valence-electron chi connectivity index (χ2n) is 8.60. The Hall–Kier alpha value is -3.99. The molecule has 5 heteroatoms. The van der Waals surface area contributed by atoms with E-state index in [0.29, 0.717) is 12.4 Å². The normalized spacial score (nSPS) is 11.5. The number of aryl methyl sites for hydroxylation is 2. The van der Waals surface area contributed by atoms with Crippen molar-refractivity contribution in [2.24, 2.45) is 0 Å². The van der Waals surface area contributed by atoms with Gasteiger partial charge in [-0.15, -0.1) is 0 Å². The molecule has 1 amide bonds. The minimum absolute atomic E-state index is 0.187. The number of nitrogens with one attached hydrogen (secondary N) is 1. The third kappa shape index (κ3) is 4.67. The Balaban J connectivity index is 1.81. The lowest BCUT2D eigenvalue weighted by molar-refractivity contribution is -0.111. The average Bonchev–Trinajstić information content (AvgIpc) is 3.27. The Morgan fingerprint density at radius 3 is 2.54 bits per heavy atom. The number of hydrogen-bond donors (Lipinski definition) is 1. The highest BCUT2D eigenvalue weighted by Crippen LogP contribution is 2.42. The fourth-order valence-corrected chi connectivity index (χ4v) is 4.34. The molecule has 0 aliphatic rings. The first-order chi connectivity index (χ1) is 16.8. The minimum atomic E-state index is -0.187. The van der Waals surface area contributed by atoms with Crippen molar-refractivity contribution in [3.63, 3.8) is 0 Å². The zero-order chi connectivity index (χ0) is 25.1. The van der Waals surface area contributed by atoms with Gasteiger partial charge in [0.1, 0.15) is 17.1 Å². The van der Waals surface area contributed by atoms with Crippen LogP contribution in [0.25, 0.3) is 27.7 Å². The second-order valence-corrected chi connectivity index (χ2v) is 8.60. The molecule has 0 atom stereocenters. The fraction of sp³-hybridized carbons (Fsp3) is 0.233. The van der Waals surface area contributed by atoms with E-state index in [2.05, 4.69) is 5.32 Å². The molecule has 1 N–H and O–H groups in total. The summed E-state index contributed by atoms with van der Waals surface area (Å²) < 4.78 is 17.6. The molecular formula is C30H31NO4. The molecular weight excluding hydrogens is 438 g/mol. The summed E-state index contributed by atoms with van der Waals surface area (Å²) in [6.45, 7) is 10.4. The van der Waals surface area contributed by atoms with E-state index < -0.39 is 0 Å². The summed E-state index contributed by atoms with van der Waals surface area (Å²) in [4.78, 5) is 12.9. The summed E-state index contributed by atoms with van der Waals surface area (Å²) in [6, 6.07) is 15.8. The molecule has 0 fully saturated rings. The van der Waals surface area contributed by atoms with Crippen LogP contribution in [0.2, 0.25) is 0 Å². The first kappa shape index (κ1) is 24.1. The van der Waals surface area contributed by atoms with Crippen LogP contribution in [0.1, 0.15) is 36.1 Å². The zero-order valence-electron chi connectivity index (χ0n) is 21.1. The maximum atomic E-state index is 12.9. The maximum absolute atomic E-state index is 12.9. The van der Waals surface area contributed by atoms with Gasteiger partial charge in [0, 0.05) is 39.4 Å². The van der Waals surface area contributed by atoms with Crippen molar-refractivity contribution in [1.29, 1.82) is 0 Å². The van der Waals surface area contributed by atoms with Crippen molar-refractivity contribution in [3.05, 3.63) is 83.1 Å². The molecule has 0 saturated heterocycles. The number of rotatable bonds is 7. The number of carbonyl (C=O) groups excluding carboxylic acids is 1. The number of fused-ring (bicyclic) bond motifs is 1. The van der Waals surface area contributed by atoms with Gasteiger partial charge in [-0.3, -0.25) is 4.79 Å². The standard InChI is InChI=1S/C30H31NO4/c1-7-34-29-21(5)30-24(25(17-35-30)22-12-8-9-14-27(22)33-6)16-23(29)19(3)15-28(32)31-26-13-10-11-18(2)20(26)4/h8-17H,7H2,1-6H3,(H,31,32)/b19-15+. The van der Waals surface area contributed by atoms with Gasteiger partial charge >= 0.3 is 0 Å². The molecule has 0 spiro atoms. The van der Waals surface area contributed by atoms with Crippen LogP contribution >= 0.6 is 0 Å². The number of anilines is 1. The topological polar surface area (TPSA) is 60.7 Å². The highest BCUT2D eigenvalue weighted by molar-refractivity contribution is 6.06. The number of allylic oxidation sites excluding steroid dienone is 1. The Kier molecular flexibility index (Phi) is 6.97. The lowest BCUT2D eigenvalue weighted by Crippen LogP contribution is -2.10. The van der Waals surface area contributed by atoms with Crippen LogP contribution in [0, 0.1) is 20.8 Å². The molecule has 5 nitrogen and oxygen atoms in total. The molecule has 0 radical (unpaired) electrons. The molecule has 180 valence electrons. The van der Waals surface area contributed by atoms with E-state index >= 15 is 0 Å². The van der Waals surface area contributed by atoms with Gasteiger partial charge in [0.25, 0.3) is 0 Å². The molecule has 0 unspecified atom stereocenters. The zero-order valence-corrected chi connectivity index (χ0v) is 21.1. The third-order valence-corrected chi connectivity index (χ3v) is 6.36. The van der Waals surface area contributed by atoms with E-state index in [-0.39, 0.29) is 5.91 Å². The van der Waals surface area contributed by atoms with E-state index in [9.17, 15) is 4.79 Å². The Labute approximate surface area is 206 Å². The van der Waals surface area contributed by atoms with Gasteiger partial charge in [-0.1, -0.05) is 30.3 Å². The van der Waals surface area contributed by atoms with Gasteiger partial charge in [0.2, 0.25) is 5.91 Å². The van der Waals surface area contributed by atoms with Crippen LogP contribution in [0.5, 0.6) is 11.5 Å². The number of hydrogen-bond acceptors (Lipinski definition) is 4. The predicted octanol–water partition coefficient (Wildman–Crippen LogP) is 7.47. The van der Waals surface area contributed by atoms with Gasteiger partial charge in [-0.2, -0.15) is 0 Å². The summed E-state index contributed by atoms with van der Waals surface area (Å²) in [5.41, 5.74) is 8.16. The van der Waals surface area contributed by atoms with Crippen LogP contribution in [0.3, 0.4) is 0 Å². The number of para-hydroxylation sites is 1. The number of furan rings is 1. The van der Waals surface area contributed by atoms with Crippen molar-refractivity contribution in [3.8, 4) is 22.6 Å². The number of benzene rings is 3. The molecule has 3 aromatic carbocycles. The Morgan fingerprint density at radius 2 is 1.80 bits per heavy atom. The largest absolute Gasteiger partial charge is 0.496 e. The summed E-state index contributed by atoms with van der Waals surface area (Å²) in [7, 11) is 1.66. The smallest absolute Gasteiger partial charge is 0.248 e. The van der Waals surface area contributed by atoms with E-state index in [4.69, 9.17) is 13.9 Å². The molecule has 4 rings (SSSR count). The van der Waals surface area contributed by atoms with Gasteiger partial charge < -0.3 is 19.2 Å². The molecule has 1 heterocycles. The van der Waals surface area contributed by atoms with Crippen LogP contribution in [0.15, 0.2) is 65.3 Å². The van der Waals surface area contributed by atoms with Crippen molar-refractivity contribution >= 4 is 28.1 Å². The van der Waals surface area contributed by atoms with Crippen LogP contribution in [0.4, 0.5) is 5.69 Å². The summed E-state index contributed by atoms with van der Waals surface area (Å²) >= 11 is 0. The maximum Gasteiger partial charge on any atom is 0.248 e. The first-order valence-corrected chi connectivity index (χ1v) is 11.7. The van der Waals surface area contributed by atoms with Crippen molar-refractivity contribution in [1.82, 2.24) is 0 Å². The van der Waals surface area contributed by atoms with E-state index in [0.717, 1.165) is 61.4 Å². The second kappa shape index (κ2) is 10.1. The van der Waals surface area contributed by atoms with Crippen molar-refractivity contribution in [2.75, 3.05) is 19.0 Å². The Morgan fingerprint density at radius 1 is 1.03 bits per heavy atom. The molecule has 1 aromatic heterocycles. The van der Waals surface area contributed by atoms with Crippen molar-refractivity contribution in [2.45, 2.75) is 34.6 Å². The van der Waals surface area contributed by atoms with Gasteiger partial charge in [0.05, 0.1) is 20.0 Å². The van der Waals surface area contributed by atoms with E-state index in [1.807, 2.05) is 83.1 Å².